The first-order chi connectivity index (χ1) is 9.90. The molecule has 8 heteroatoms. The molecule has 0 bridgehead atoms. The van der Waals surface area contributed by atoms with Crippen LogP contribution in [0.3, 0.4) is 0 Å². The second-order valence-electron chi connectivity index (χ2n) is 5.22. The minimum absolute atomic E-state index is 0.200. The lowest BCUT2D eigenvalue weighted by Crippen LogP contribution is -2.36. The molecule has 0 saturated carbocycles. The van der Waals surface area contributed by atoms with Crippen molar-refractivity contribution in [2.24, 2.45) is 5.73 Å². The van der Waals surface area contributed by atoms with E-state index in [1.54, 1.807) is 4.68 Å². The van der Waals surface area contributed by atoms with Gasteiger partial charge in [0.2, 0.25) is 10.0 Å². The summed E-state index contributed by atoms with van der Waals surface area (Å²) in [5, 5.41) is 4.04. The normalized spacial score (nSPS) is 13.8. The highest BCUT2D eigenvalue weighted by Crippen LogP contribution is 2.07. The molecule has 7 nitrogen and oxygen atoms in total. The van der Waals surface area contributed by atoms with Crippen molar-refractivity contribution >= 4 is 10.0 Å². The second kappa shape index (κ2) is 8.47. The van der Waals surface area contributed by atoms with Gasteiger partial charge in [-0.1, -0.05) is 6.92 Å². The third kappa shape index (κ3) is 5.74. The molecule has 0 aliphatic heterocycles. The average Bonchev–Trinajstić information content (AvgIpc) is 2.93. The maximum atomic E-state index is 12.1. The molecule has 1 rings (SSSR count). The topological polar surface area (TPSA) is 93.2 Å². The molecule has 1 atom stereocenters. The van der Waals surface area contributed by atoms with Crippen LogP contribution in [0.5, 0.6) is 0 Å². The molecule has 0 aliphatic carbocycles. The quantitative estimate of drug-likeness (QED) is 0.645. The van der Waals surface area contributed by atoms with Crippen LogP contribution in [0.15, 0.2) is 17.3 Å². The number of nitrogens with two attached hydrogens (primary N) is 1. The average molecular weight is 317 g/mol. The van der Waals surface area contributed by atoms with Crippen LogP contribution in [-0.4, -0.2) is 55.8 Å². The van der Waals surface area contributed by atoms with E-state index in [-0.39, 0.29) is 4.90 Å². The predicted molar refractivity (Wildman–Crippen MR) is 83.5 cm³/mol. The minimum Gasteiger partial charge on any atom is -0.330 e. The molecule has 0 aromatic carbocycles. The molecule has 0 aliphatic rings. The highest BCUT2D eigenvalue weighted by Gasteiger charge is 2.16. The summed E-state index contributed by atoms with van der Waals surface area (Å²) >= 11 is 0. The van der Waals surface area contributed by atoms with Gasteiger partial charge in [-0.05, 0) is 33.4 Å². The number of sulfonamides is 1. The standard InChI is InChI=1S/C13H27N5O2S/c1-4-12(2)17(3)9-7-16-21(19,20)13-10-15-18(11-13)8-5-6-14/h10-12,16H,4-9,14H2,1-3H3. The van der Waals surface area contributed by atoms with Crippen molar-refractivity contribution in [2.45, 2.75) is 44.2 Å². The maximum Gasteiger partial charge on any atom is 0.243 e. The molecule has 1 unspecified atom stereocenters. The van der Waals surface area contributed by atoms with E-state index in [1.165, 1.54) is 12.4 Å². The Balaban J connectivity index is 2.51. The first-order valence-electron chi connectivity index (χ1n) is 7.33. The Bertz CT molecular complexity index is 514. The molecular weight excluding hydrogens is 290 g/mol. The molecule has 1 heterocycles. The molecular formula is C13H27N5O2S. The van der Waals surface area contributed by atoms with Crippen molar-refractivity contribution in [3.63, 3.8) is 0 Å². The van der Waals surface area contributed by atoms with E-state index in [2.05, 4.69) is 28.6 Å². The lowest BCUT2D eigenvalue weighted by atomic mass is 10.2. The molecule has 1 aromatic heterocycles. The first-order valence-corrected chi connectivity index (χ1v) is 8.81. The van der Waals surface area contributed by atoms with Crippen LogP contribution in [0.1, 0.15) is 26.7 Å². The van der Waals surface area contributed by atoms with Gasteiger partial charge in [0.25, 0.3) is 0 Å². The predicted octanol–water partition coefficient (Wildman–Crippen LogP) is 0.241. The SMILES string of the molecule is CCC(C)N(C)CCNS(=O)(=O)c1cnn(CCCN)c1. The molecule has 1 aromatic rings. The number of nitrogens with zero attached hydrogens (tertiary/aromatic N) is 3. The molecule has 0 amide bonds. The molecule has 3 N–H and O–H groups in total. The van der Waals surface area contributed by atoms with Crippen molar-refractivity contribution in [3.05, 3.63) is 12.4 Å². The zero-order valence-electron chi connectivity index (χ0n) is 13.1. The summed E-state index contributed by atoms with van der Waals surface area (Å²) in [6, 6.07) is 0.438. The van der Waals surface area contributed by atoms with Crippen molar-refractivity contribution in [2.75, 3.05) is 26.7 Å². The number of aryl methyl sites for hydroxylation is 1. The van der Waals surface area contributed by atoms with Gasteiger partial charge in [0, 0.05) is 31.9 Å². The van der Waals surface area contributed by atoms with Crippen LogP contribution in [0, 0.1) is 0 Å². The Morgan fingerprint density at radius 3 is 2.86 bits per heavy atom. The van der Waals surface area contributed by atoms with Crippen LogP contribution >= 0.6 is 0 Å². The number of likely N-dealkylation sites (N-methyl/N-ethyl adjacent to an activating group) is 1. The van der Waals surface area contributed by atoms with Crippen molar-refractivity contribution in [3.8, 4) is 0 Å². The minimum atomic E-state index is -3.48. The van der Waals surface area contributed by atoms with Gasteiger partial charge < -0.3 is 10.6 Å². The number of aromatic nitrogens is 2. The molecule has 21 heavy (non-hydrogen) atoms. The van der Waals surface area contributed by atoms with E-state index in [0.29, 0.717) is 32.2 Å². The summed E-state index contributed by atoms with van der Waals surface area (Å²) in [7, 11) is -1.49. The molecule has 0 saturated heterocycles. The van der Waals surface area contributed by atoms with Crippen molar-refractivity contribution < 1.29 is 8.42 Å². The fourth-order valence-electron chi connectivity index (χ4n) is 1.83. The number of nitrogens with one attached hydrogen (secondary N) is 1. The van der Waals surface area contributed by atoms with Gasteiger partial charge >= 0.3 is 0 Å². The van der Waals surface area contributed by atoms with Gasteiger partial charge in [-0.25, -0.2) is 13.1 Å². The van der Waals surface area contributed by atoms with Gasteiger partial charge in [0.15, 0.2) is 0 Å². The zero-order chi connectivity index (χ0) is 15.9. The lowest BCUT2D eigenvalue weighted by molar-refractivity contribution is 0.256. The van der Waals surface area contributed by atoms with E-state index in [1.807, 2.05) is 7.05 Å². The Kier molecular flexibility index (Phi) is 7.30. The van der Waals surface area contributed by atoms with Gasteiger partial charge in [-0.15, -0.1) is 0 Å². The van der Waals surface area contributed by atoms with E-state index < -0.39 is 10.0 Å². The highest BCUT2D eigenvalue weighted by atomic mass is 32.2. The number of hydrogen-bond acceptors (Lipinski definition) is 5. The van der Waals surface area contributed by atoms with Crippen LogP contribution in [0.25, 0.3) is 0 Å². The highest BCUT2D eigenvalue weighted by molar-refractivity contribution is 7.89. The van der Waals surface area contributed by atoms with E-state index in [0.717, 1.165) is 12.8 Å². The van der Waals surface area contributed by atoms with Crippen LogP contribution in [0.4, 0.5) is 0 Å². The Morgan fingerprint density at radius 1 is 1.52 bits per heavy atom. The second-order valence-corrected chi connectivity index (χ2v) is 6.98. The van der Waals surface area contributed by atoms with E-state index in [9.17, 15) is 8.42 Å². The van der Waals surface area contributed by atoms with Gasteiger partial charge in [-0.2, -0.15) is 5.10 Å². The summed E-state index contributed by atoms with van der Waals surface area (Å²) in [5.74, 6) is 0. The van der Waals surface area contributed by atoms with E-state index in [4.69, 9.17) is 5.73 Å². The first kappa shape index (κ1) is 18.1. The molecule has 0 spiro atoms. The van der Waals surface area contributed by atoms with Gasteiger partial charge in [0.1, 0.15) is 4.90 Å². The lowest BCUT2D eigenvalue weighted by Gasteiger charge is -2.23. The summed E-state index contributed by atoms with van der Waals surface area (Å²) in [5.41, 5.74) is 5.42. The van der Waals surface area contributed by atoms with Crippen molar-refractivity contribution in [1.29, 1.82) is 0 Å². The van der Waals surface area contributed by atoms with Crippen molar-refractivity contribution in [1.82, 2.24) is 19.4 Å². The maximum absolute atomic E-state index is 12.1. The fraction of sp³-hybridized carbons (Fsp3) is 0.769. The summed E-state index contributed by atoms with van der Waals surface area (Å²) in [6.07, 6.45) is 4.72. The molecule has 0 fully saturated rings. The fourth-order valence-corrected chi connectivity index (χ4v) is 2.80. The number of hydrogen-bond donors (Lipinski definition) is 2. The molecule has 0 radical (unpaired) electrons. The Hall–Kier alpha value is -0.960. The summed E-state index contributed by atoms with van der Waals surface area (Å²) in [4.78, 5) is 2.33. The summed E-state index contributed by atoms with van der Waals surface area (Å²) in [6.45, 7) is 6.48. The van der Waals surface area contributed by atoms with E-state index >= 15 is 0 Å². The van der Waals surface area contributed by atoms with Crippen LogP contribution < -0.4 is 10.5 Å². The monoisotopic (exact) mass is 317 g/mol. The van der Waals surface area contributed by atoms with Crippen LogP contribution in [-0.2, 0) is 16.6 Å². The summed E-state index contributed by atoms with van der Waals surface area (Å²) < 4.78 is 28.5. The Morgan fingerprint density at radius 2 is 2.24 bits per heavy atom. The Labute approximate surface area is 127 Å². The van der Waals surface area contributed by atoms with Crippen LogP contribution in [0.2, 0.25) is 0 Å². The van der Waals surface area contributed by atoms with Gasteiger partial charge in [-0.3, -0.25) is 4.68 Å². The smallest absolute Gasteiger partial charge is 0.243 e. The van der Waals surface area contributed by atoms with Gasteiger partial charge in [0.05, 0.1) is 6.20 Å². The number of rotatable bonds is 10. The molecule has 122 valence electrons. The zero-order valence-corrected chi connectivity index (χ0v) is 13.9. The third-order valence-corrected chi connectivity index (χ3v) is 5.03. The largest absolute Gasteiger partial charge is 0.330 e. The third-order valence-electron chi connectivity index (χ3n) is 3.61.